The van der Waals surface area contributed by atoms with Crippen molar-refractivity contribution < 1.29 is 0 Å². The summed E-state index contributed by atoms with van der Waals surface area (Å²) in [4.78, 5) is 4.25. The third-order valence-corrected chi connectivity index (χ3v) is 13.2. The first-order chi connectivity index (χ1) is 21.3. The molecule has 0 spiro atoms. The van der Waals surface area contributed by atoms with E-state index in [-0.39, 0.29) is 0 Å². The van der Waals surface area contributed by atoms with Crippen LogP contribution in [-0.4, -0.2) is 15.6 Å². The number of rotatable bonds is 4. The smallest absolute Gasteiger partial charge is 0.0914 e. The molecule has 0 fully saturated rings. The molecule has 1 atom stereocenters. The molecule has 4 aliphatic rings. The van der Waals surface area contributed by atoms with Gasteiger partial charge in [-0.05, 0) is 94.1 Å². The van der Waals surface area contributed by atoms with Gasteiger partial charge in [0.25, 0.3) is 0 Å². The molecule has 2 heterocycles. The van der Waals surface area contributed by atoms with Crippen LogP contribution >= 0.6 is 11.3 Å². The lowest BCUT2D eigenvalue weighted by molar-refractivity contribution is 0.756. The molecule has 0 radical (unpaired) electrons. The Morgan fingerprint density at radius 2 is 1.67 bits per heavy atom. The van der Waals surface area contributed by atoms with E-state index in [0.717, 1.165) is 12.8 Å². The Bertz CT molecular complexity index is 2090. The summed E-state index contributed by atoms with van der Waals surface area (Å²) in [5.74, 6) is 0. The molecule has 0 saturated heterocycles. The highest BCUT2D eigenvalue weighted by Crippen LogP contribution is 2.46. The molecule has 9 rings (SSSR count). The maximum Gasteiger partial charge on any atom is 0.0914 e. The topological polar surface area (TPSA) is 3.24 Å². The fourth-order valence-electron chi connectivity index (χ4n) is 7.70. The van der Waals surface area contributed by atoms with Gasteiger partial charge in [0, 0.05) is 26.3 Å². The number of hydrogen-bond acceptors (Lipinski definition) is 2. The van der Waals surface area contributed by atoms with E-state index in [4.69, 9.17) is 0 Å². The van der Waals surface area contributed by atoms with E-state index < -0.39 is 9.52 Å². The Morgan fingerprint density at radius 1 is 0.791 bits per heavy atom. The standard InChI is InChI=1S/C40H33NSSi/c1-2-11-30(12-3-1)41(31-21-19-27(20-22-31)29-18-17-26-9-4-5-10-28(26)25-29)35-15-8-14-34-38-37(43-40(34)35)24-23-33-32-13-6-7-16-36(32)42-39(33)38/h1-6,9-13,15,17-21,23-25,31H,7-8,14,16,22,43H2. The van der Waals surface area contributed by atoms with Crippen molar-refractivity contribution in [3.8, 4) is 0 Å². The summed E-state index contributed by atoms with van der Waals surface area (Å²) in [6.45, 7) is 0. The van der Waals surface area contributed by atoms with Crippen LogP contribution in [0.3, 0.4) is 0 Å². The molecule has 0 amide bonds. The van der Waals surface area contributed by atoms with Crippen molar-refractivity contribution >= 4 is 69.8 Å². The van der Waals surface area contributed by atoms with Gasteiger partial charge in [-0.3, -0.25) is 0 Å². The number of anilines is 1. The van der Waals surface area contributed by atoms with Crippen molar-refractivity contribution in [2.75, 3.05) is 4.90 Å². The fraction of sp³-hybridized carbons (Fsp3) is 0.150. The molecule has 43 heavy (non-hydrogen) atoms. The zero-order valence-electron chi connectivity index (χ0n) is 24.2. The quantitative estimate of drug-likeness (QED) is 0.190. The summed E-state index contributed by atoms with van der Waals surface area (Å²) in [7, 11) is -0.574. The molecule has 0 saturated carbocycles. The average Bonchev–Trinajstić information content (AvgIpc) is 3.64. The van der Waals surface area contributed by atoms with Crippen molar-refractivity contribution in [2.24, 2.45) is 0 Å². The lowest BCUT2D eigenvalue weighted by Crippen LogP contribution is -2.36. The lowest BCUT2D eigenvalue weighted by atomic mass is 9.91. The van der Waals surface area contributed by atoms with Gasteiger partial charge < -0.3 is 4.90 Å². The fourth-order valence-corrected chi connectivity index (χ4v) is 11.5. The average molecular weight is 588 g/mol. The van der Waals surface area contributed by atoms with Crippen molar-refractivity contribution in [3.05, 3.63) is 148 Å². The summed E-state index contributed by atoms with van der Waals surface area (Å²) >= 11 is 2.08. The zero-order valence-corrected chi connectivity index (χ0v) is 26.5. The van der Waals surface area contributed by atoms with Crippen molar-refractivity contribution in [1.29, 1.82) is 0 Å². The van der Waals surface area contributed by atoms with Crippen LogP contribution in [0.2, 0.25) is 0 Å². The minimum Gasteiger partial charge on any atom is -0.335 e. The summed E-state index contributed by atoms with van der Waals surface area (Å²) < 4.78 is 1.56. The van der Waals surface area contributed by atoms with E-state index in [9.17, 15) is 0 Å². The number of allylic oxidation sites excluding steroid dienone is 6. The van der Waals surface area contributed by atoms with Crippen LogP contribution in [0.1, 0.15) is 47.3 Å². The molecule has 0 bridgehead atoms. The molecule has 208 valence electrons. The van der Waals surface area contributed by atoms with Crippen LogP contribution in [-0.2, 0) is 6.42 Å². The number of nitrogens with zero attached hydrogens (tertiary/aromatic N) is 1. The summed E-state index contributed by atoms with van der Waals surface area (Å²) in [6, 6.07) is 31.9. The van der Waals surface area contributed by atoms with Gasteiger partial charge in [-0.25, -0.2) is 0 Å². The van der Waals surface area contributed by atoms with Gasteiger partial charge in [0.15, 0.2) is 0 Å². The monoisotopic (exact) mass is 587 g/mol. The number of fused-ring (bicyclic) bond motifs is 7. The molecule has 1 aliphatic heterocycles. The first-order valence-electron chi connectivity index (χ1n) is 15.7. The number of para-hydroxylation sites is 1. The normalized spacial score (nSPS) is 19.4. The van der Waals surface area contributed by atoms with Crippen molar-refractivity contribution in [1.82, 2.24) is 0 Å². The molecule has 3 heteroatoms. The molecule has 1 unspecified atom stereocenters. The summed E-state index contributed by atoms with van der Waals surface area (Å²) in [6.07, 6.45) is 20.2. The summed E-state index contributed by atoms with van der Waals surface area (Å²) in [5, 5.41) is 7.41. The van der Waals surface area contributed by atoms with Gasteiger partial charge >= 0.3 is 0 Å². The van der Waals surface area contributed by atoms with E-state index in [2.05, 4.69) is 138 Å². The third kappa shape index (κ3) is 4.17. The Hall–Kier alpha value is -4.18. The number of thiophene rings is 1. The molecule has 4 aromatic carbocycles. The van der Waals surface area contributed by atoms with E-state index in [1.54, 1.807) is 31.1 Å². The van der Waals surface area contributed by atoms with Crippen LogP contribution < -0.4 is 10.1 Å². The minimum absolute atomic E-state index is 0.293. The SMILES string of the molecule is C1=Cc2c(sc3c4c(ccc23)[SiH2]C2=C4CCC=C2N(c2ccccc2)C2C=CC(c3ccc4ccccc4c3)=CC2)CC1. The maximum atomic E-state index is 2.66. The molecule has 1 nitrogen and oxygen atoms in total. The number of aryl methyl sites for hydroxylation is 1. The van der Waals surface area contributed by atoms with E-state index >= 15 is 0 Å². The number of hydrogen-bond donors (Lipinski definition) is 0. The highest BCUT2D eigenvalue weighted by Gasteiger charge is 2.33. The van der Waals surface area contributed by atoms with Crippen molar-refractivity contribution in [2.45, 2.75) is 38.1 Å². The largest absolute Gasteiger partial charge is 0.335 e. The van der Waals surface area contributed by atoms with Crippen LogP contribution in [0, 0.1) is 0 Å². The van der Waals surface area contributed by atoms with Crippen LogP contribution in [0.4, 0.5) is 5.69 Å². The third-order valence-electron chi connectivity index (χ3n) is 9.74. The first kappa shape index (κ1) is 25.3. The van der Waals surface area contributed by atoms with E-state index in [0.29, 0.717) is 6.04 Å². The molecule has 1 aromatic heterocycles. The molecule has 5 aromatic rings. The second kappa shape index (κ2) is 10.2. The molecule has 3 aliphatic carbocycles. The highest BCUT2D eigenvalue weighted by molar-refractivity contribution is 7.20. The summed E-state index contributed by atoms with van der Waals surface area (Å²) in [5.41, 5.74) is 10.2. The van der Waals surface area contributed by atoms with Gasteiger partial charge in [-0.1, -0.05) is 108 Å². The van der Waals surface area contributed by atoms with Crippen molar-refractivity contribution in [3.63, 3.8) is 0 Å². The highest BCUT2D eigenvalue weighted by atomic mass is 32.1. The molecular weight excluding hydrogens is 555 g/mol. The Morgan fingerprint density at radius 3 is 2.56 bits per heavy atom. The maximum absolute atomic E-state index is 2.66. The van der Waals surface area contributed by atoms with Gasteiger partial charge in [-0.15, -0.1) is 11.3 Å². The Kier molecular flexibility index (Phi) is 6.02. The lowest BCUT2D eigenvalue weighted by Gasteiger charge is -2.37. The predicted octanol–water partition coefficient (Wildman–Crippen LogP) is 9.13. The minimum atomic E-state index is -0.574. The zero-order chi connectivity index (χ0) is 28.3. The van der Waals surface area contributed by atoms with E-state index in [1.165, 1.54) is 63.5 Å². The van der Waals surface area contributed by atoms with Gasteiger partial charge in [0.1, 0.15) is 0 Å². The molecule has 0 N–H and O–H groups in total. The van der Waals surface area contributed by atoms with Crippen LogP contribution in [0.25, 0.3) is 38.1 Å². The Labute approximate surface area is 259 Å². The van der Waals surface area contributed by atoms with Crippen LogP contribution in [0.15, 0.2) is 126 Å². The Balaban J connectivity index is 1.10. The van der Waals surface area contributed by atoms with Gasteiger partial charge in [0.05, 0.1) is 15.6 Å². The number of benzene rings is 4. The van der Waals surface area contributed by atoms with Gasteiger partial charge in [0.2, 0.25) is 0 Å². The van der Waals surface area contributed by atoms with E-state index in [1.807, 2.05) is 0 Å². The predicted molar refractivity (Wildman–Crippen MR) is 190 cm³/mol. The molecular formula is C40H33NSSi. The second-order valence-electron chi connectivity index (χ2n) is 12.2. The van der Waals surface area contributed by atoms with Gasteiger partial charge in [-0.2, -0.15) is 0 Å². The van der Waals surface area contributed by atoms with Crippen LogP contribution in [0.5, 0.6) is 0 Å². The first-order valence-corrected chi connectivity index (χ1v) is 17.9. The second-order valence-corrected chi connectivity index (χ2v) is 15.1.